The Labute approximate surface area is 104 Å². The average Bonchev–Trinajstić information content (AvgIpc) is 2.32. The van der Waals surface area contributed by atoms with Gasteiger partial charge in [0.05, 0.1) is 0 Å². The van der Waals surface area contributed by atoms with E-state index in [2.05, 4.69) is 10.4 Å². The zero-order valence-corrected chi connectivity index (χ0v) is 11.2. The zero-order chi connectivity index (χ0) is 12.5. The molecule has 3 unspecified atom stereocenters. The average molecular weight is 240 g/mol. The lowest BCUT2D eigenvalue weighted by Crippen LogP contribution is -2.55. The minimum absolute atomic E-state index is 0.0587. The predicted molar refractivity (Wildman–Crippen MR) is 66.3 cm³/mol. The number of ether oxygens (including phenoxy) is 1. The van der Waals surface area contributed by atoms with E-state index in [1.54, 1.807) is 0 Å². The van der Waals surface area contributed by atoms with Crippen LogP contribution in [0.25, 0.3) is 0 Å². The second-order valence-corrected chi connectivity index (χ2v) is 6.12. The second-order valence-electron chi connectivity index (χ2n) is 6.12. The summed E-state index contributed by atoms with van der Waals surface area (Å²) in [4.78, 5) is 12.3. The highest BCUT2D eigenvalue weighted by atomic mass is 16.6. The van der Waals surface area contributed by atoms with Crippen LogP contribution >= 0.6 is 0 Å². The zero-order valence-electron chi connectivity index (χ0n) is 11.2. The number of hydrogen-bond donors (Lipinski definition) is 1. The van der Waals surface area contributed by atoms with Gasteiger partial charge >= 0.3 is 5.97 Å². The van der Waals surface area contributed by atoms with Gasteiger partial charge in [0.15, 0.2) is 0 Å². The smallest absolute Gasteiger partial charge is 0.325 e. The Balaban J connectivity index is 2.08. The molecule has 0 aliphatic carbocycles. The third-order valence-corrected chi connectivity index (χ3v) is 3.47. The molecule has 17 heavy (non-hydrogen) atoms. The molecule has 0 radical (unpaired) electrons. The molecule has 1 N–H and O–H groups in total. The van der Waals surface area contributed by atoms with Crippen molar-refractivity contribution in [1.29, 1.82) is 0 Å². The fraction of sp³-hybridized carbons (Fsp3) is 0.923. The van der Waals surface area contributed by atoms with Crippen LogP contribution in [0.4, 0.5) is 0 Å². The number of esters is 1. The van der Waals surface area contributed by atoms with Crippen molar-refractivity contribution in [2.24, 2.45) is 5.92 Å². The van der Waals surface area contributed by atoms with Crippen LogP contribution in [0.2, 0.25) is 0 Å². The number of nitrogens with one attached hydrogen (secondary N) is 1. The number of hydrogen-bond acceptors (Lipinski definition) is 4. The highest BCUT2D eigenvalue weighted by Gasteiger charge is 2.40. The van der Waals surface area contributed by atoms with Gasteiger partial charge in [0.1, 0.15) is 11.6 Å². The van der Waals surface area contributed by atoms with Gasteiger partial charge in [0.25, 0.3) is 0 Å². The quantitative estimate of drug-likeness (QED) is 0.708. The normalized spacial score (nSPS) is 33.9. The number of piperidine rings is 1. The van der Waals surface area contributed by atoms with Gasteiger partial charge in [-0.25, -0.2) is 5.01 Å². The molecule has 2 fully saturated rings. The van der Waals surface area contributed by atoms with Crippen molar-refractivity contribution in [3.63, 3.8) is 0 Å². The Bertz CT molecular complexity index is 272. The summed E-state index contributed by atoms with van der Waals surface area (Å²) < 4.78 is 5.55. The molecular weight excluding hydrogens is 216 g/mol. The summed E-state index contributed by atoms with van der Waals surface area (Å²) in [5.41, 5.74) is 2.97. The van der Waals surface area contributed by atoms with Crippen LogP contribution in [0.5, 0.6) is 0 Å². The van der Waals surface area contributed by atoms with Crippen molar-refractivity contribution >= 4 is 5.97 Å². The Hall–Kier alpha value is -0.610. The maximum Gasteiger partial charge on any atom is 0.325 e. The van der Waals surface area contributed by atoms with E-state index in [0.29, 0.717) is 5.92 Å². The molecule has 0 aromatic carbocycles. The number of carbonyl (C=O) groups is 1. The minimum atomic E-state index is -0.390. The molecule has 2 saturated heterocycles. The Morgan fingerprint density at radius 1 is 1.29 bits per heavy atom. The van der Waals surface area contributed by atoms with E-state index in [-0.39, 0.29) is 12.0 Å². The van der Waals surface area contributed by atoms with E-state index in [1.165, 1.54) is 6.42 Å². The standard InChI is InChI=1S/C13H24N2O2/c1-13(2,3)17-12(16)11-10-6-4-8-14-15(11)9-5-7-10/h10-11,14H,4-9H2,1-3H3. The Kier molecular flexibility index (Phi) is 3.73. The molecule has 4 heteroatoms. The molecule has 0 aromatic heterocycles. The summed E-state index contributed by atoms with van der Waals surface area (Å²) in [6, 6.07) is -0.0783. The first-order chi connectivity index (χ1) is 7.97. The Morgan fingerprint density at radius 2 is 2.00 bits per heavy atom. The van der Waals surface area contributed by atoms with Crippen molar-refractivity contribution in [2.45, 2.75) is 58.1 Å². The summed E-state index contributed by atoms with van der Waals surface area (Å²) in [5.74, 6) is 0.408. The van der Waals surface area contributed by atoms with Crippen molar-refractivity contribution in [2.75, 3.05) is 13.1 Å². The molecule has 98 valence electrons. The highest BCUT2D eigenvalue weighted by molar-refractivity contribution is 5.76. The van der Waals surface area contributed by atoms with Crippen LogP contribution in [-0.2, 0) is 9.53 Å². The summed E-state index contributed by atoms with van der Waals surface area (Å²) in [6.07, 6.45) is 4.62. The van der Waals surface area contributed by atoms with E-state index >= 15 is 0 Å². The minimum Gasteiger partial charge on any atom is -0.459 e. The van der Waals surface area contributed by atoms with Gasteiger partial charge < -0.3 is 4.74 Å². The van der Waals surface area contributed by atoms with Crippen molar-refractivity contribution < 1.29 is 9.53 Å². The first-order valence-corrected chi connectivity index (χ1v) is 6.70. The third-order valence-electron chi connectivity index (χ3n) is 3.47. The number of carbonyl (C=O) groups excluding carboxylic acids is 1. The van der Waals surface area contributed by atoms with Crippen molar-refractivity contribution in [1.82, 2.24) is 10.4 Å². The fourth-order valence-corrected chi connectivity index (χ4v) is 2.82. The van der Waals surface area contributed by atoms with Crippen LogP contribution in [-0.4, -0.2) is 35.7 Å². The van der Waals surface area contributed by atoms with Gasteiger partial charge in [-0.3, -0.25) is 10.2 Å². The molecule has 0 aromatic rings. The van der Waals surface area contributed by atoms with Gasteiger partial charge in [0.2, 0.25) is 0 Å². The number of nitrogens with zero attached hydrogens (tertiary/aromatic N) is 1. The van der Waals surface area contributed by atoms with Crippen LogP contribution in [0.1, 0.15) is 46.5 Å². The van der Waals surface area contributed by atoms with E-state index in [0.717, 1.165) is 32.4 Å². The Morgan fingerprint density at radius 3 is 2.71 bits per heavy atom. The lowest BCUT2D eigenvalue weighted by Gasteiger charge is -2.38. The van der Waals surface area contributed by atoms with Crippen LogP contribution in [0.3, 0.4) is 0 Å². The van der Waals surface area contributed by atoms with E-state index in [9.17, 15) is 4.79 Å². The molecule has 2 rings (SSSR count). The first-order valence-electron chi connectivity index (χ1n) is 6.70. The topological polar surface area (TPSA) is 41.6 Å². The molecule has 0 spiro atoms. The predicted octanol–water partition coefficient (Wildman–Crippen LogP) is 1.71. The third kappa shape index (κ3) is 3.19. The number of hydrazine groups is 1. The lowest BCUT2D eigenvalue weighted by atomic mass is 9.87. The molecule has 2 aliphatic rings. The molecule has 2 bridgehead atoms. The first kappa shape index (κ1) is 12.8. The summed E-state index contributed by atoms with van der Waals surface area (Å²) >= 11 is 0. The molecule has 0 saturated carbocycles. The summed E-state index contributed by atoms with van der Waals surface area (Å²) in [6.45, 7) is 7.73. The van der Waals surface area contributed by atoms with Gasteiger partial charge in [-0.15, -0.1) is 0 Å². The van der Waals surface area contributed by atoms with Crippen LogP contribution in [0, 0.1) is 5.92 Å². The summed E-state index contributed by atoms with van der Waals surface area (Å²) in [7, 11) is 0. The molecular formula is C13H24N2O2. The van der Waals surface area contributed by atoms with Crippen LogP contribution in [0.15, 0.2) is 0 Å². The highest BCUT2D eigenvalue weighted by Crippen LogP contribution is 2.30. The largest absolute Gasteiger partial charge is 0.459 e. The van der Waals surface area contributed by atoms with Crippen molar-refractivity contribution in [3.8, 4) is 0 Å². The molecule has 4 nitrogen and oxygen atoms in total. The second kappa shape index (κ2) is 4.94. The molecule has 0 amide bonds. The maximum absolute atomic E-state index is 12.3. The molecule has 2 heterocycles. The number of fused-ring (bicyclic) bond motifs is 2. The van der Waals surface area contributed by atoms with E-state index in [4.69, 9.17) is 4.74 Å². The summed E-state index contributed by atoms with van der Waals surface area (Å²) in [5, 5.41) is 2.11. The SMILES string of the molecule is CC(C)(C)OC(=O)C1C2CCCNN1CCC2. The van der Waals surface area contributed by atoms with Gasteiger partial charge in [-0.2, -0.15) is 0 Å². The number of rotatable bonds is 1. The van der Waals surface area contributed by atoms with Crippen molar-refractivity contribution in [3.05, 3.63) is 0 Å². The van der Waals surface area contributed by atoms with E-state index < -0.39 is 5.60 Å². The van der Waals surface area contributed by atoms with E-state index in [1.807, 2.05) is 20.8 Å². The lowest BCUT2D eigenvalue weighted by molar-refractivity contribution is -0.166. The molecule has 2 aliphatic heterocycles. The monoisotopic (exact) mass is 240 g/mol. The van der Waals surface area contributed by atoms with Crippen LogP contribution < -0.4 is 5.43 Å². The molecule has 3 atom stereocenters. The fourth-order valence-electron chi connectivity index (χ4n) is 2.82. The van der Waals surface area contributed by atoms with Gasteiger partial charge in [-0.05, 0) is 52.4 Å². The van der Waals surface area contributed by atoms with Gasteiger partial charge in [-0.1, -0.05) is 0 Å². The maximum atomic E-state index is 12.3. The van der Waals surface area contributed by atoms with Gasteiger partial charge in [0, 0.05) is 13.1 Å².